The summed E-state index contributed by atoms with van der Waals surface area (Å²) in [5, 5.41) is 2.91. The Hall–Kier alpha value is -2.86. The van der Waals surface area contributed by atoms with Crippen molar-refractivity contribution in [3.63, 3.8) is 0 Å². The topological polar surface area (TPSA) is 73.9 Å². The quantitative estimate of drug-likeness (QED) is 0.694. The average Bonchev–Trinajstić information content (AvgIpc) is 3.41. The third-order valence-corrected chi connectivity index (χ3v) is 5.04. The number of carbonyl (C=O) groups excluding carboxylic acids is 2. The molecule has 1 saturated carbocycles. The lowest BCUT2D eigenvalue weighted by molar-refractivity contribution is -0.130. The SMILES string of the molecule is O=C(O[C@@H](C(=O)NC1CC1)c1ccccc1)c1ccc(OC[C@@H]2CCCO2)cc1. The van der Waals surface area contributed by atoms with Gasteiger partial charge in [0.05, 0.1) is 11.7 Å². The summed E-state index contributed by atoms with van der Waals surface area (Å²) in [5.74, 6) is -0.165. The lowest BCUT2D eigenvalue weighted by atomic mass is 10.1. The molecule has 2 aromatic rings. The van der Waals surface area contributed by atoms with Gasteiger partial charge < -0.3 is 19.5 Å². The molecule has 4 rings (SSSR count). The number of benzene rings is 2. The van der Waals surface area contributed by atoms with Gasteiger partial charge in [-0.2, -0.15) is 0 Å². The van der Waals surface area contributed by atoms with Crippen LogP contribution in [0.3, 0.4) is 0 Å². The van der Waals surface area contributed by atoms with Gasteiger partial charge in [-0.25, -0.2) is 4.79 Å². The van der Waals surface area contributed by atoms with Gasteiger partial charge in [-0.15, -0.1) is 0 Å². The van der Waals surface area contributed by atoms with Gasteiger partial charge in [0.1, 0.15) is 12.4 Å². The highest BCUT2D eigenvalue weighted by Gasteiger charge is 2.31. The molecule has 0 aromatic heterocycles. The second kappa shape index (κ2) is 9.09. The first-order valence-electron chi connectivity index (χ1n) is 10.1. The van der Waals surface area contributed by atoms with Crippen molar-refractivity contribution in [2.75, 3.05) is 13.2 Å². The number of ether oxygens (including phenoxy) is 3. The van der Waals surface area contributed by atoms with E-state index in [1.807, 2.05) is 18.2 Å². The smallest absolute Gasteiger partial charge is 0.339 e. The van der Waals surface area contributed by atoms with Crippen LogP contribution >= 0.6 is 0 Å². The number of hydrogen-bond acceptors (Lipinski definition) is 5. The lowest BCUT2D eigenvalue weighted by Crippen LogP contribution is -2.33. The van der Waals surface area contributed by atoms with Crippen molar-refractivity contribution in [2.45, 2.75) is 43.9 Å². The average molecular weight is 395 g/mol. The van der Waals surface area contributed by atoms with Crippen LogP contribution in [0, 0.1) is 0 Å². The Labute approximate surface area is 170 Å². The summed E-state index contributed by atoms with van der Waals surface area (Å²) >= 11 is 0. The van der Waals surface area contributed by atoms with Gasteiger partial charge in [0.15, 0.2) is 0 Å². The van der Waals surface area contributed by atoms with Gasteiger partial charge in [0, 0.05) is 18.2 Å². The molecule has 1 heterocycles. The molecule has 1 aliphatic carbocycles. The van der Waals surface area contributed by atoms with Crippen molar-refractivity contribution in [3.05, 3.63) is 65.7 Å². The van der Waals surface area contributed by atoms with E-state index in [1.54, 1.807) is 36.4 Å². The van der Waals surface area contributed by atoms with Crippen molar-refractivity contribution >= 4 is 11.9 Å². The maximum absolute atomic E-state index is 12.6. The predicted octanol–water partition coefficient (Wildman–Crippen LogP) is 3.42. The third kappa shape index (κ3) is 5.35. The van der Waals surface area contributed by atoms with Crippen LogP contribution in [0.5, 0.6) is 5.75 Å². The van der Waals surface area contributed by atoms with Crippen molar-refractivity contribution in [1.29, 1.82) is 0 Å². The second-order valence-corrected chi connectivity index (χ2v) is 7.45. The molecule has 6 nitrogen and oxygen atoms in total. The summed E-state index contributed by atoms with van der Waals surface area (Å²) in [6, 6.07) is 16.0. The molecule has 152 valence electrons. The molecule has 0 unspecified atom stereocenters. The molecular formula is C23H25NO5. The van der Waals surface area contributed by atoms with Crippen LogP contribution in [0.15, 0.2) is 54.6 Å². The van der Waals surface area contributed by atoms with Crippen molar-refractivity contribution < 1.29 is 23.8 Å². The maximum atomic E-state index is 12.6. The molecular weight excluding hydrogens is 370 g/mol. The summed E-state index contributed by atoms with van der Waals surface area (Å²) in [4.78, 5) is 25.3. The van der Waals surface area contributed by atoms with Crippen molar-refractivity contribution in [2.24, 2.45) is 0 Å². The maximum Gasteiger partial charge on any atom is 0.339 e. The van der Waals surface area contributed by atoms with E-state index in [-0.39, 0.29) is 18.1 Å². The third-order valence-electron chi connectivity index (χ3n) is 5.04. The molecule has 1 saturated heterocycles. The number of rotatable bonds is 8. The van der Waals surface area contributed by atoms with Crippen LogP contribution in [0.1, 0.15) is 47.7 Å². The highest BCUT2D eigenvalue weighted by atomic mass is 16.5. The first-order valence-corrected chi connectivity index (χ1v) is 10.1. The van der Waals surface area contributed by atoms with E-state index < -0.39 is 12.1 Å². The van der Waals surface area contributed by atoms with Crippen LogP contribution in [-0.4, -0.2) is 37.2 Å². The van der Waals surface area contributed by atoms with E-state index in [0.29, 0.717) is 23.5 Å². The zero-order chi connectivity index (χ0) is 20.1. The first-order chi connectivity index (χ1) is 14.2. The van der Waals surface area contributed by atoms with Crippen LogP contribution < -0.4 is 10.1 Å². The number of carbonyl (C=O) groups is 2. The van der Waals surface area contributed by atoms with Gasteiger partial charge in [0.25, 0.3) is 5.91 Å². The molecule has 1 aliphatic heterocycles. The Bertz CT molecular complexity index is 826. The molecule has 6 heteroatoms. The van der Waals surface area contributed by atoms with E-state index >= 15 is 0 Å². The summed E-state index contributed by atoms with van der Waals surface area (Å²) in [6.45, 7) is 1.29. The number of amides is 1. The minimum absolute atomic E-state index is 0.135. The van der Waals surface area contributed by atoms with E-state index in [1.165, 1.54) is 0 Å². The molecule has 1 N–H and O–H groups in total. The molecule has 0 bridgehead atoms. The minimum atomic E-state index is -0.972. The molecule has 0 spiro atoms. The van der Waals surface area contributed by atoms with E-state index in [0.717, 1.165) is 32.3 Å². The van der Waals surface area contributed by atoms with E-state index in [9.17, 15) is 9.59 Å². The second-order valence-electron chi connectivity index (χ2n) is 7.45. The largest absolute Gasteiger partial charge is 0.491 e. The standard InChI is InChI=1S/C23H25NO5/c25-22(24-18-10-11-18)21(16-5-2-1-3-6-16)29-23(26)17-8-12-19(13-9-17)28-15-20-7-4-14-27-20/h1-3,5-6,8-9,12-13,18,20-21H,4,7,10-11,14-15H2,(H,24,25)/t20-,21+/m0/s1. The highest BCUT2D eigenvalue weighted by molar-refractivity contribution is 5.93. The van der Waals surface area contributed by atoms with Gasteiger partial charge in [-0.1, -0.05) is 30.3 Å². The Morgan fingerprint density at radius 1 is 1.03 bits per heavy atom. The lowest BCUT2D eigenvalue weighted by Gasteiger charge is -2.18. The van der Waals surface area contributed by atoms with Crippen molar-refractivity contribution in [1.82, 2.24) is 5.32 Å². The predicted molar refractivity (Wildman–Crippen MR) is 107 cm³/mol. The minimum Gasteiger partial charge on any atom is -0.491 e. The summed E-state index contributed by atoms with van der Waals surface area (Å²) in [5.41, 5.74) is 1.02. The summed E-state index contributed by atoms with van der Waals surface area (Å²) < 4.78 is 16.8. The normalized spacial score (nSPS) is 19.4. The van der Waals surface area contributed by atoms with Gasteiger partial charge >= 0.3 is 5.97 Å². The van der Waals surface area contributed by atoms with Crippen LogP contribution in [0.2, 0.25) is 0 Å². The Morgan fingerprint density at radius 3 is 2.45 bits per heavy atom. The number of esters is 1. The number of nitrogens with one attached hydrogen (secondary N) is 1. The fourth-order valence-electron chi connectivity index (χ4n) is 3.23. The molecule has 2 aliphatic rings. The Balaban J connectivity index is 1.39. The summed E-state index contributed by atoms with van der Waals surface area (Å²) in [7, 11) is 0. The Kier molecular flexibility index (Phi) is 6.10. The van der Waals surface area contributed by atoms with Crippen molar-refractivity contribution in [3.8, 4) is 5.75 Å². The van der Waals surface area contributed by atoms with Crippen LogP contribution in [0.4, 0.5) is 0 Å². The fourth-order valence-corrected chi connectivity index (χ4v) is 3.23. The molecule has 1 amide bonds. The van der Waals surface area contributed by atoms with Gasteiger partial charge in [-0.05, 0) is 49.9 Å². The molecule has 2 atom stereocenters. The Morgan fingerprint density at radius 2 is 1.79 bits per heavy atom. The van der Waals surface area contributed by atoms with Gasteiger partial charge in [-0.3, -0.25) is 4.79 Å². The first kappa shape index (κ1) is 19.5. The zero-order valence-electron chi connectivity index (χ0n) is 16.2. The van der Waals surface area contributed by atoms with Crippen LogP contribution in [0.25, 0.3) is 0 Å². The van der Waals surface area contributed by atoms with E-state index in [4.69, 9.17) is 14.2 Å². The molecule has 2 fully saturated rings. The number of hydrogen-bond donors (Lipinski definition) is 1. The molecule has 2 aromatic carbocycles. The fraction of sp³-hybridized carbons (Fsp3) is 0.391. The molecule has 29 heavy (non-hydrogen) atoms. The zero-order valence-corrected chi connectivity index (χ0v) is 16.2. The summed E-state index contributed by atoms with van der Waals surface area (Å²) in [6.07, 6.45) is 3.17. The van der Waals surface area contributed by atoms with E-state index in [2.05, 4.69) is 5.32 Å². The molecule has 0 radical (unpaired) electrons. The monoisotopic (exact) mass is 395 g/mol. The van der Waals surface area contributed by atoms with Crippen LogP contribution in [-0.2, 0) is 14.3 Å². The highest BCUT2D eigenvalue weighted by Crippen LogP contribution is 2.24. The van der Waals surface area contributed by atoms with Gasteiger partial charge in [0.2, 0.25) is 6.10 Å².